The number of hydrogen-bond donors (Lipinski definition) is 5. The van der Waals surface area contributed by atoms with Gasteiger partial charge in [0.25, 0.3) is 5.91 Å². The van der Waals surface area contributed by atoms with Gasteiger partial charge in [-0.3, -0.25) is 24.2 Å². The van der Waals surface area contributed by atoms with Gasteiger partial charge in [-0.25, -0.2) is 0 Å². The highest BCUT2D eigenvalue weighted by Crippen LogP contribution is 2.54. The molecular weight excluding hydrogens is 538 g/mol. The molecule has 40 heavy (non-hydrogen) atoms. The average molecular weight is 572 g/mol. The number of likely N-dealkylation sites (tertiary alicyclic amines) is 1. The lowest BCUT2D eigenvalue weighted by Gasteiger charge is -2.50. The second-order valence-corrected chi connectivity index (χ2v) is 12.6. The third-order valence-corrected chi connectivity index (χ3v) is 10.0. The first-order chi connectivity index (χ1) is 18.9. The van der Waals surface area contributed by atoms with Crippen LogP contribution in [0.3, 0.4) is 0 Å². The fourth-order valence-corrected chi connectivity index (χ4v) is 7.94. The fourth-order valence-electron chi connectivity index (χ4n) is 7.59. The molecule has 10 nitrogen and oxygen atoms in total. The minimum atomic E-state index is -2.66. The number of carbonyl (C=O) groups excluding carboxylic acids is 3. The van der Waals surface area contributed by atoms with Crippen LogP contribution in [-0.2, 0) is 16.0 Å². The first-order valence-electron chi connectivity index (χ1n) is 13.8. The van der Waals surface area contributed by atoms with Crippen LogP contribution in [0.4, 0.5) is 0 Å². The van der Waals surface area contributed by atoms with E-state index in [1.807, 2.05) is 0 Å². The van der Waals surface area contributed by atoms with Crippen LogP contribution >= 0.6 is 11.6 Å². The van der Waals surface area contributed by atoms with Gasteiger partial charge in [0.2, 0.25) is 5.78 Å². The van der Waals surface area contributed by atoms with Crippen molar-refractivity contribution in [3.8, 4) is 5.75 Å². The van der Waals surface area contributed by atoms with E-state index < -0.39 is 58.0 Å². The molecule has 0 aromatic heterocycles. The molecular formula is C29H34ClN3O7. The summed E-state index contributed by atoms with van der Waals surface area (Å²) in [6.07, 6.45) is 4.56. The minimum Gasteiger partial charge on any atom is -0.510 e. The number of phenols is 1. The maximum Gasteiger partial charge on any atom is 0.255 e. The maximum absolute atomic E-state index is 13.9. The van der Waals surface area contributed by atoms with Crippen LogP contribution in [0, 0.1) is 17.8 Å². The van der Waals surface area contributed by atoms with E-state index in [0.29, 0.717) is 16.5 Å². The van der Waals surface area contributed by atoms with Crippen molar-refractivity contribution in [3.63, 3.8) is 0 Å². The molecule has 1 aromatic rings. The molecule has 1 amide bonds. The molecule has 4 aliphatic carbocycles. The molecule has 1 saturated carbocycles. The standard InChI is InChI=1S/C29H34ClN3O7/c1-32(2)23-16-9-13-8-15-20(18(34)10-14(22(15)30)17-4-3-7-33(17)11-12-5-6-12)24(35)19(13)26(37)29(16,40)27(38)21(25(23)36)28(31)39/h10,12-13,16-17,23,34,36-37,40H,3-9,11H2,1-2H3,(H2,31,39)/t13-,16-,17?,23-,29-/m0/s1. The van der Waals surface area contributed by atoms with E-state index in [9.17, 15) is 34.8 Å². The lowest BCUT2D eigenvalue weighted by Crippen LogP contribution is -2.63. The van der Waals surface area contributed by atoms with Gasteiger partial charge in [0.1, 0.15) is 22.8 Å². The van der Waals surface area contributed by atoms with Gasteiger partial charge in [0.15, 0.2) is 11.4 Å². The van der Waals surface area contributed by atoms with Crippen molar-refractivity contribution < 1.29 is 34.8 Å². The van der Waals surface area contributed by atoms with Crippen molar-refractivity contribution >= 4 is 29.1 Å². The SMILES string of the molecule is CN(C)[C@@H]1C(O)=C(C(N)=O)C(=O)[C@@]2(O)C(O)=C3C(=O)c4c(O)cc(C5CCCN5CC5CC5)c(Cl)c4C[C@H]3C[C@@H]12. The summed E-state index contributed by atoms with van der Waals surface area (Å²) >= 11 is 6.99. The molecule has 1 aromatic carbocycles. The van der Waals surface area contributed by atoms with Gasteiger partial charge in [-0.05, 0) is 88.2 Å². The van der Waals surface area contributed by atoms with Gasteiger partial charge in [-0.2, -0.15) is 0 Å². The van der Waals surface area contributed by atoms with Gasteiger partial charge >= 0.3 is 0 Å². The summed E-state index contributed by atoms with van der Waals surface area (Å²) in [4.78, 5) is 43.3. The Morgan fingerprint density at radius 1 is 1.20 bits per heavy atom. The highest BCUT2D eigenvalue weighted by molar-refractivity contribution is 6.33. The monoisotopic (exact) mass is 571 g/mol. The van der Waals surface area contributed by atoms with Crippen LogP contribution < -0.4 is 5.73 Å². The zero-order valence-electron chi connectivity index (χ0n) is 22.5. The van der Waals surface area contributed by atoms with Crippen LogP contribution in [0.15, 0.2) is 28.7 Å². The van der Waals surface area contributed by atoms with Crippen molar-refractivity contribution in [2.45, 2.75) is 56.2 Å². The summed E-state index contributed by atoms with van der Waals surface area (Å²) in [5, 5.41) is 45.6. The molecule has 1 aliphatic heterocycles. The maximum atomic E-state index is 13.9. The predicted molar refractivity (Wildman–Crippen MR) is 145 cm³/mol. The molecule has 1 unspecified atom stereocenters. The van der Waals surface area contributed by atoms with E-state index >= 15 is 0 Å². The van der Waals surface area contributed by atoms with Crippen molar-refractivity contribution in [3.05, 3.63) is 50.4 Å². The second kappa shape index (κ2) is 9.30. The normalized spacial score (nSPS) is 32.4. The Morgan fingerprint density at radius 3 is 2.52 bits per heavy atom. The number of aliphatic hydroxyl groups excluding tert-OH is 2. The molecule has 11 heteroatoms. The molecule has 5 aliphatic rings. The Bertz CT molecular complexity index is 1410. The number of rotatable bonds is 5. The van der Waals surface area contributed by atoms with Gasteiger partial charge in [-0.1, -0.05) is 11.6 Å². The Hall–Kier alpha value is -2.92. The second-order valence-electron chi connectivity index (χ2n) is 12.2. The Morgan fingerprint density at radius 2 is 1.90 bits per heavy atom. The molecule has 5 atom stereocenters. The number of aliphatic hydroxyl groups is 3. The lowest BCUT2D eigenvalue weighted by molar-refractivity contribution is -0.148. The number of fused-ring (bicyclic) bond motifs is 3. The van der Waals surface area contributed by atoms with E-state index in [0.717, 1.165) is 31.5 Å². The number of halogens is 1. The smallest absolute Gasteiger partial charge is 0.255 e. The Kier molecular flexibility index (Phi) is 6.34. The third-order valence-electron chi connectivity index (χ3n) is 9.60. The van der Waals surface area contributed by atoms with E-state index in [4.69, 9.17) is 17.3 Å². The summed E-state index contributed by atoms with van der Waals surface area (Å²) < 4.78 is 0. The topological polar surface area (TPSA) is 165 Å². The number of Topliss-reactive ketones (excluding diaryl/α,β-unsaturated/α-hetero) is 2. The quantitative estimate of drug-likeness (QED) is 0.333. The largest absolute Gasteiger partial charge is 0.510 e. The van der Waals surface area contributed by atoms with Crippen LogP contribution in [0.1, 0.15) is 59.6 Å². The number of carbonyl (C=O) groups is 3. The number of hydrogen-bond acceptors (Lipinski definition) is 9. The summed E-state index contributed by atoms with van der Waals surface area (Å²) in [6.45, 7) is 1.92. The van der Waals surface area contributed by atoms with Gasteiger partial charge < -0.3 is 26.2 Å². The fraction of sp³-hybridized carbons (Fsp3) is 0.552. The Labute approximate surface area is 236 Å². The molecule has 0 bridgehead atoms. The summed E-state index contributed by atoms with van der Waals surface area (Å²) in [5.41, 5.74) is 2.92. The predicted octanol–water partition coefficient (Wildman–Crippen LogP) is 2.32. The van der Waals surface area contributed by atoms with Gasteiger partial charge in [-0.15, -0.1) is 0 Å². The molecule has 0 radical (unpaired) electrons. The highest BCUT2D eigenvalue weighted by atomic mass is 35.5. The number of phenolic OH excluding ortho intramolecular Hbond substituents is 1. The van der Waals surface area contributed by atoms with E-state index in [1.54, 1.807) is 14.1 Å². The summed E-state index contributed by atoms with van der Waals surface area (Å²) in [5.74, 6) is -5.99. The highest BCUT2D eigenvalue weighted by Gasteiger charge is 2.63. The first kappa shape index (κ1) is 27.3. The van der Waals surface area contributed by atoms with Crippen molar-refractivity contribution in [1.82, 2.24) is 9.80 Å². The van der Waals surface area contributed by atoms with E-state index in [-0.39, 0.29) is 35.8 Å². The number of amides is 1. The van der Waals surface area contributed by atoms with Gasteiger partial charge in [0.05, 0.1) is 11.6 Å². The zero-order chi connectivity index (χ0) is 28.8. The summed E-state index contributed by atoms with van der Waals surface area (Å²) in [6, 6.07) is 0.534. The van der Waals surface area contributed by atoms with Gasteiger partial charge in [0, 0.05) is 29.1 Å². The molecule has 1 heterocycles. The first-order valence-corrected chi connectivity index (χ1v) is 14.2. The van der Waals surface area contributed by atoms with E-state index in [2.05, 4.69) is 4.90 Å². The number of primary amides is 1. The van der Waals surface area contributed by atoms with Crippen LogP contribution in [-0.4, -0.2) is 86.5 Å². The molecule has 6 N–H and O–H groups in total. The number of allylic oxidation sites excluding steroid dienone is 1. The van der Waals surface area contributed by atoms with Crippen molar-refractivity contribution in [2.75, 3.05) is 27.2 Å². The minimum absolute atomic E-state index is 0.0320. The van der Waals surface area contributed by atoms with Crippen LogP contribution in [0.25, 0.3) is 0 Å². The number of nitrogens with two attached hydrogens (primary N) is 1. The lowest BCUT2D eigenvalue weighted by atomic mass is 9.58. The molecule has 214 valence electrons. The third kappa shape index (κ3) is 3.76. The summed E-state index contributed by atoms with van der Waals surface area (Å²) in [7, 11) is 3.20. The number of aromatic hydroxyl groups is 1. The molecule has 1 saturated heterocycles. The number of benzene rings is 1. The molecule has 6 rings (SSSR count). The van der Waals surface area contributed by atoms with Crippen LogP contribution in [0.5, 0.6) is 5.75 Å². The molecule has 2 fully saturated rings. The number of likely N-dealkylation sites (N-methyl/N-ethyl adjacent to an activating group) is 1. The van der Waals surface area contributed by atoms with Crippen molar-refractivity contribution in [1.29, 1.82) is 0 Å². The van der Waals surface area contributed by atoms with Crippen molar-refractivity contribution in [2.24, 2.45) is 23.5 Å². The van der Waals surface area contributed by atoms with Crippen LogP contribution in [0.2, 0.25) is 5.02 Å². The molecule has 0 spiro atoms. The number of nitrogens with zero attached hydrogens (tertiary/aromatic N) is 2. The zero-order valence-corrected chi connectivity index (χ0v) is 23.2. The average Bonchev–Trinajstić information content (AvgIpc) is 3.58. The Balaban J connectivity index is 1.46. The number of ketones is 2. The van der Waals surface area contributed by atoms with E-state index in [1.165, 1.54) is 23.8 Å².